The summed E-state index contributed by atoms with van der Waals surface area (Å²) in [5, 5.41) is 8.24. The van der Waals surface area contributed by atoms with Gasteiger partial charge in [-0.1, -0.05) is 6.58 Å². The highest BCUT2D eigenvalue weighted by Gasteiger charge is 2.29. The number of carboxylic acid groups (broad SMARTS) is 1. The summed E-state index contributed by atoms with van der Waals surface area (Å²) in [6.45, 7) is 5.73. The molecule has 0 saturated carbocycles. The number of carboxylic acids is 1. The molecule has 1 atom stereocenters. The van der Waals surface area contributed by atoms with E-state index < -0.39 is 17.3 Å². The number of carbonyl (C=O) groups excluding carboxylic acids is 1. The van der Waals surface area contributed by atoms with Crippen LogP contribution in [0.3, 0.4) is 0 Å². The SMILES string of the molecule is C=C(C)OC(=O)N1CCSC(C(=O)O)C1. The highest BCUT2D eigenvalue weighted by molar-refractivity contribution is 8.00. The van der Waals surface area contributed by atoms with Crippen molar-refractivity contribution in [2.45, 2.75) is 12.2 Å². The van der Waals surface area contributed by atoms with Gasteiger partial charge in [0, 0.05) is 18.8 Å². The van der Waals surface area contributed by atoms with Gasteiger partial charge in [0.15, 0.2) is 0 Å². The van der Waals surface area contributed by atoms with Crippen LogP contribution in [0.15, 0.2) is 12.3 Å². The molecule has 1 N–H and O–H groups in total. The third-order valence-corrected chi connectivity index (χ3v) is 3.03. The fourth-order valence-corrected chi connectivity index (χ4v) is 2.22. The monoisotopic (exact) mass is 231 g/mol. The molecule has 1 amide bonds. The number of amides is 1. The smallest absolute Gasteiger partial charge is 0.414 e. The molecule has 84 valence electrons. The zero-order chi connectivity index (χ0) is 11.4. The van der Waals surface area contributed by atoms with Gasteiger partial charge in [-0.2, -0.15) is 0 Å². The Morgan fingerprint density at radius 1 is 1.60 bits per heavy atom. The lowest BCUT2D eigenvalue weighted by Crippen LogP contribution is -2.44. The molecule has 1 aliphatic rings. The second kappa shape index (κ2) is 5.06. The molecule has 1 heterocycles. The van der Waals surface area contributed by atoms with E-state index in [1.807, 2.05) is 0 Å². The Kier molecular flexibility index (Phi) is 4.02. The van der Waals surface area contributed by atoms with E-state index in [0.717, 1.165) is 0 Å². The van der Waals surface area contributed by atoms with E-state index in [1.165, 1.54) is 16.7 Å². The molecule has 0 aromatic carbocycles. The van der Waals surface area contributed by atoms with Gasteiger partial charge < -0.3 is 14.7 Å². The second-order valence-corrected chi connectivity index (χ2v) is 4.52. The lowest BCUT2D eigenvalue weighted by Gasteiger charge is -2.29. The van der Waals surface area contributed by atoms with E-state index in [0.29, 0.717) is 18.1 Å². The van der Waals surface area contributed by atoms with Crippen molar-refractivity contribution in [3.8, 4) is 0 Å². The maximum absolute atomic E-state index is 11.4. The van der Waals surface area contributed by atoms with Crippen molar-refractivity contribution in [2.75, 3.05) is 18.8 Å². The third-order valence-electron chi connectivity index (χ3n) is 1.86. The summed E-state index contributed by atoms with van der Waals surface area (Å²) in [6, 6.07) is 0. The molecule has 6 heteroatoms. The molecular weight excluding hydrogens is 218 g/mol. The minimum absolute atomic E-state index is 0.187. The van der Waals surface area contributed by atoms with Crippen LogP contribution in [0.2, 0.25) is 0 Å². The summed E-state index contributed by atoms with van der Waals surface area (Å²) in [5.74, 6) is 0.0281. The molecule has 1 saturated heterocycles. The van der Waals surface area contributed by atoms with E-state index >= 15 is 0 Å². The summed E-state index contributed by atoms with van der Waals surface area (Å²) >= 11 is 1.34. The summed E-state index contributed by atoms with van der Waals surface area (Å²) in [4.78, 5) is 23.5. The first-order valence-electron chi connectivity index (χ1n) is 4.47. The molecule has 1 unspecified atom stereocenters. The van der Waals surface area contributed by atoms with Crippen molar-refractivity contribution < 1.29 is 19.4 Å². The Labute approximate surface area is 92.1 Å². The van der Waals surface area contributed by atoms with Gasteiger partial charge in [-0.15, -0.1) is 11.8 Å². The standard InChI is InChI=1S/C9H13NO4S/c1-6(2)14-9(13)10-3-4-15-7(5-10)8(11)12/h7H,1,3-5H2,2H3,(H,11,12). The Bertz CT molecular complexity index is 292. The van der Waals surface area contributed by atoms with Crippen LogP contribution in [0.5, 0.6) is 0 Å². The van der Waals surface area contributed by atoms with Crippen LogP contribution in [-0.2, 0) is 9.53 Å². The van der Waals surface area contributed by atoms with Crippen molar-refractivity contribution in [2.24, 2.45) is 0 Å². The fraction of sp³-hybridized carbons (Fsp3) is 0.556. The first-order chi connectivity index (χ1) is 7.00. The Hall–Kier alpha value is -1.17. The average molecular weight is 231 g/mol. The lowest BCUT2D eigenvalue weighted by atomic mass is 10.4. The number of aliphatic carboxylic acids is 1. The van der Waals surface area contributed by atoms with Crippen molar-refractivity contribution in [1.82, 2.24) is 4.90 Å². The van der Waals surface area contributed by atoms with Gasteiger partial charge in [0.25, 0.3) is 0 Å². The van der Waals surface area contributed by atoms with Gasteiger partial charge in [0.05, 0.1) is 5.76 Å². The van der Waals surface area contributed by atoms with E-state index in [-0.39, 0.29) is 6.54 Å². The van der Waals surface area contributed by atoms with Crippen LogP contribution < -0.4 is 0 Å². The zero-order valence-electron chi connectivity index (χ0n) is 8.43. The average Bonchev–Trinajstić information content (AvgIpc) is 2.17. The van der Waals surface area contributed by atoms with Crippen molar-refractivity contribution in [1.29, 1.82) is 0 Å². The molecule has 0 aromatic rings. The number of ether oxygens (including phenoxy) is 1. The van der Waals surface area contributed by atoms with Crippen LogP contribution in [0, 0.1) is 0 Å². The van der Waals surface area contributed by atoms with Gasteiger partial charge in [0.2, 0.25) is 0 Å². The molecular formula is C9H13NO4S. The molecule has 1 rings (SSSR count). The van der Waals surface area contributed by atoms with Crippen LogP contribution in [0.25, 0.3) is 0 Å². The molecule has 1 aliphatic heterocycles. The van der Waals surface area contributed by atoms with Gasteiger partial charge in [0.1, 0.15) is 5.25 Å². The highest BCUT2D eigenvalue weighted by atomic mass is 32.2. The Balaban J connectivity index is 2.52. The maximum atomic E-state index is 11.4. The Morgan fingerprint density at radius 2 is 2.27 bits per heavy atom. The number of hydrogen-bond donors (Lipinski definition) is 1. The van der Waals surface area contributed by atoms with Crippen LogP contribution in [0.1, 0.15) is 6.92 Å². The van der Waals surface area contributed by atoms with E-state index in [4.69, 9.17) is 9.84 Å². The van der Waals surface area contributed by atoms with Gasteiger partial charge in [-0.3, -0.25) is 4.79 Å². The van der Waals surface area contributed by atoms with Crippen molar-refractivity contribution in [3.05, 3.63) is 12.3 Å². The summed E-state index contributed by atoms with van der Waals surface area (Å²) in [5.41, 5.74) is 0. The third kappa shape index (κ3) is 3.47. The molecule has 1 fully saturated rings. The Morgan fingerprint density at radius 3 is 2.80 bits per heavy atom. The van der Waals surface area contributed by atoms with Crippen molar-refractivity contribution >= 4 is 23.8 Å². The van der Waals surface area contributed by atoms with Gasteiger partial charge in [-0.25, -0.2) is 4.79 Å². The van der Waals surface area contributed by atoms with Gasteiger partial charge in [-0.05, 0) is 6.92 Å². The molecule has 0 bridgehead atoms. The molecule has 5 nitrogen and oxygen atoms in total. The van der Waals surface area contributed by atoms with Gasteiger partial charge >= 0.3 is 12.1 Å². The summed E-state index contributed by atoms with van der Waals surface area (Å²) < 4.78 is 4.81. The highest BCUT2D eigenvalue weighted by Crippen LogP contribution is 2.19. The number of rotatable bonds is 2. The molecule has 0 aromatic heterocycles. The van der Waals surface area contributed by atoms with Crippen molar-refractivity contribution in [3.63, 3.8) is 0 Å². The fourth-order valence-electron chi connectivity index (χ4n) is 1.18. The first-order valence-corrected chi connectivity index (χ1v) is 5.52. The van der Waals surface area contributed by atoms with E-state index in [1.54, 1.807) is 6.92 Å². The second-order valence-electron chi connectivity index (χ2n) is 3.21. The number of nitrogens with zero attached hydrogens (tertiary/aromatic N) is 1. The molecule has 0 spiro atoms. The number of carbonyl (C=O) groups is 2. The summed E-state index contributed by atoms with van der Waals surface area (Å²) in [6.07, 6.45) is -0.519. The minimum Gasteiger partial charge on any atom is -0.480 e. The van der Waals surface area contributed by atoms with Crippen LogP contribution in [-0.4, -0.2) is 46.2 Å². The summed E-state index contributed by atoms with van der Waals surface area (Å²) in [7, 11) is 0. The number of thioether (sulfide) groups is 1. The topological polar surface area (TPSA) is 66.8 Å². The number of allylic oxidation sites excluding steroid dienone is 1. The molecule has 15 heavy (non-hydrogen) atoms. The molecule has 0 radical (unpaired) electrons. The quantitative estimate of drug-likeness (QED) is 0.722. The van der Waals surface area contributed by atoms with Crippen LogP contribution in [0.4, 0.5) is 4.79 Å². The predicted octanol–water partition coefficient (Wildman–Crippen LogP) is 1.16. The van der Waals surface area contributed by atoms with E-state index in [2.05, 4.69) is 6.58 Å². The largest absolute Gasteiger partial charge is 0.480 e. The minimum atomic E-state index is -0.896. The maximum Gasteiger partial charge on any atom is 0.414 e. The number of hydrogen-bond acceptors (Lipinski definition) is 4. The van der Waals surface area contributed by atoms with Crippen LogP contribution >= 0.6 is 11.8 Å². The van der Waals surface area contributed by atoms with E-state index in [9.17, 15) is 9.59 Å². The first kappa shape index (κ1) is 11.9. The molecule has 0 aliphatic carbocycles. The predicted molar refractivity (Wildman–Crippen MR) is 56.7 cm³/mol. The zero-order valence-corrected chi connectivity index (χ0v) is 9.25. The normalized spacial score (nSPS) is 20.9. The lowest BCUT2D eigenvalue weighted by molar-refractivity contribution is -0.136.